The quantitative estimate of drug-likeness (QED) is 0.354. The Bertz CT molecular complexity index is 109. The summed E-state index contributed by atoms with van der Waals surface area (Å²) in [5.41, 5.74) is 0. The molecule has 0 atom stereocenters. The molecule has 0 aliphatic rings. The zero-order chi connectivity index (χ0) is 12.6. The Hall–Kier alpha value is -0.0400. The van der Waals surface area contributed by atoms with E-state index in [0.29, 0.717) is 0 Å². The smallest absolute Gasteiger partial charge is 0.0466 e. The van der Waals surface area contributed by atoms with Crippen LogP contribution in [-0.4, -0.2) is 13.2 Å². The van der Waals surface area contributed by atoms with Crippen LogP contribution in [0.4, 0.5) is 0 Å². The van der Waals surface area contributed by atoms with E-state index in [4.69, 9.17) is 4.74 Å². The Kier molecular flexibility index (Phi) is 15.9. The molecule has 0 saturated carbocycles. The van der Waals surface area contributed by atoms with Crippen molar-refractivity contribution in [2.75, 3.05) is 13.2 Å². The fraction of sp³-hybridized carbons (Fsp3) is 1.00. The Morgan fingerprint density at radius 1 is 0.471 bits per heavy atom. The van der Waals surface area contributed by atoms with Crippen LogP contribution < -0.4 is 0 Å². The summed E-state index contributed by atoms with van der Waals surface area (Å²) in [5.74, 6) is 0. The monoisotopic (exact) mass is 242 g/mol. The maximum Gasteiger partial charge on any atom is 0.0466 e. The summed E-state index contributed by atoms with van der Waals surface area (Å²) in [6, 6.07) is 0. The lowest BCUT2D eigenvalue weighted by Gasteiger charge is -2.03. The van der Waals surface area contributed by atoms with Gasteiger partial charge in [-0.2, -0.15) is 0 Å². The van der Waals surface area contributed by atoms with Gasteiger partial charge in [0.25, 0.3) is 0 Å². The first kappa shape index (κ1) is 17.0. The van der Waals surface area contributed by atoms with E-state index in [0.717, 1.165) is 13.2 Å². The van der Waals surface area contributed by atoms with Crippen LogP contribution in [0.5, 0.6) is 0 Å². The molecule has 0 aliphatic heterocycles. The molecule has 0 aromatic carbocycles. The lowest BCUT2D eigenvalue weighted by molar-refractivity contribution is 0.127. The van der Waals surface area contributed by atoms with Gasteiger partial charge in [0.05, 0.1) is 0 Å². The molecule has 0 spiro atoms. The Morgan fingerprint density at radius 2 is 0.882 bits per heavy atom. The fourth-order valence-electron chi connectivity index (χ4n) is 2.04. The highest BCUT2D eigenvalue weighted by atomic mass is 16.5. The molecular formula is C16H34O. The van der Waals surface area contributed by atoms with Crippen molar-refractivity contribution >= 4 is 0 Å². The Balaban J connectivity index is 2.85. The first-order valence-electron chi connectivity index (χ1n) is 7.99. The van der Waals surface area contributed by atoms with E-state index in [2.05, 4.69) is 13.8 Å². The van der Waals surface area contributed by atoms with Gasteiger partial charge in [-0.05, 0) is 12.8 Å². The van der Waals surface area contributed by atoms with Crippen molar-refractivity contribution in [3.63, 3.8) is 0 Å². The van der Waals surface area contributed by atoms with Crippen LogP contribution in [-0.2, 0) is 4.74 Å². The van der Waals surface area contributed by atoms with Crippen LogP contribution in [0, 0.1) is 0 Å². The van der Waals surface area contributed by atoms with Crippen molar-refractivity contribution in [2.24, 2.45) is 0 Å². The zero-order valence-corrected chi connectivity index (χ0v) is 12.3. The van der Waals surface area contributed by atoms with Gasteiger partial charge in [-0.25, -0.2) is 0 Å². The van der Waals surface area contributed by atoms with E-state index in [-0.39, 0.29) is 0 Å². The molecular weight excluding hydrogens is 208 g/mol. The Labute approximate surface area is 109 Å². The number of rotatable bonds is 14. The summed E-state index contributed by atoms with van der Waals surface area (Å²) in [5, 5.41) is 0. The molecule has 0 saturated heterocycles. The van der Waals surface area contributed by atoms with Gasteiger partial charge >= 0.3 is 0 Å². The van der Waals surface area contributed by atoms with E-state index in [1.54, 1.807) is 0 Å². The number of hydrogen-bond acceptors (Lipinski definition) is 1. The highest BCUT2D eigenvalue weighted by Gasteiger charge is 1.93. The van der Waals surface area contributed by atoms with Crippen LogP contribution in [0.1, 0.15) is 90.9 Å². The van der Waals surface area contributed by atoms with Gasteiger partial charge in [-0.15, -0.1) is 0 Å². The molecule has 0 aromatic heterocycles. The summed E-state index contributed by atoms with van der Waals surface area (Å²) in [4.78, 5) is 0. The summed E-state index contributed by atoms with van der Waals surface area (Å²) in [6.45, 7) is 6.44. The van der Waals surface area contributed by atoms with Crippen LogP contribution in [0.15, 0.2) is 0 Å². The second-order valence-corrected chi connectivity index (χ2v) is 5.15. The molecule has 0 aliphatic carbocycles. The van der Waals surface area contributed by atoms with Crippen LogP contribution in [0.25, 0.3) is 0 Å². The predicted octanol–water partition coefficient (Wildman–Crippen LogP) is 5.72. The van der Waals surface area contributed by atoms with Crippen LogP contribution in [0.2, 0.25) is 0 Å². The minimum atomic E-state index is 0.966. The number of unbranched alkanes of at least 4 members (excludes halogenated alkanes) is 10. The van der Waals surface area contributed by atoms with Crippen molar-refractivity contribution in [2.45, 2.75) is 90.9 Å². The highest BCUT2D eigenvalue weighted by Crippen LogP contribution is 2.10. The number of ether oxygens (including phenoxy) is 1. The topological polar surface area (TPSA) is 9.23 Å². The van der Waals surface area contributed by atoms with Crippen LogP contribution in [0.3, 0.4) is 0 Å². The fourth-order valence-corrected chi connectivity index (χ4v) is 2.04. The molecule has 1 nitrogen and oxygen atoms in total. The number of hydrogen-bond donors (Lipinski definition) is 0. The summed E-state index contributed by atoms with van der Waals surface area (Å²) >= 11 is 0. The summed E-state index contributed by atoms with van der Waals surface area (Å²) in [6.07, 6.45) is 16.5. The minimum absolute atomic E-state index is 0.966. The molecule has 0 unspecified atom stereocenters. The zero-order valence-electron chi connectivity index (χ0n) is 12.3. The van der Waals surface area contributed by atoms with E-state index in [9.17, 15) is 0 Å². The van der Waals surface area contributed by atoms with E-state index in [1.807, 2.05) is 0 Å². The second kappa shape index (κ2) is 16.0. The highest BCUT2D eigenvalue weighted by molar-refractivity contribution is 4.47. The lowest BCUT2D eigenvalue weighted by atomic mass is 10.1. The second-order valence-electron chi connectivity index (χ2n) is 5.15. The van der Waals surface area contributed by atoms with Gasteiger partial charge in [0, 0.05) is 13.2 Å². The predicted molar refractivity (Wildman–Crippen MR) is 77.6 cm³/mol. The first-order chi connectivity index (χ1) is 8.41. The first-order valence-corrected chi connectivity index (χ1v) is 7.99. The van der Waals surface area contributed by atoms with Crippen molar-refractivity contribution in [1.82, 2.24) is 0 Å². The molecule has 0 N–H and O–H groups in total. The van der Waals surface area contributed by atoms with Gasteiger partial charge in [0.1, 0.15) is 0 Å². The third kappa shape index (κ3) is 16.0. The SMILES string of the molecule is CCCCCCCCCCCCOCCCC. The van der Waals surface area contributed by atoms with E-state index in [1.165, 1.54) is 77.0 Å². The van der Waals surface area contributed by atoms with Gasteiger partial charge in [-0.3, -0.25) is 0 Å². The van der Waals surface area contributed by atoms with Crippen molar-refractivity contribution in [1.29, 1.82) is 0 Å². The van der Waals surface area contributed by atoms with Gasteiger partial charge in [0.15, 0.2) is 0 Å². The molecule has 0 fully saturated rings. The molecule has 0 rings (SSSR count). The normalized spacial score (nSPS) is 10.9. The average Bonchev–Trinajstić information content (AvgIpc) is 2.35. The van der Waals surface area contributed by atoms with Gasteiger partial charge in [0.2, 0.25) is 0 Å². The van der Waals surface area contributed by atoms with E-state index < -0.39 is 0 Å². The molecule has 0 amide bonds. The molecule has 1 heteroatoms. The third-order valence-corrected chi connectivity index (χ3v) is 3.28. The van der Waals surface area contributed by atoms with Gasteiger partial charge in [-0.1, -0.05) is 78.1 Å². The van der Waals surface area contributed by atoms with Crippen molar-refractivity contribution in [3.05, 3.63) is 0 Å². The lowest BCUT2D eigenvalue weighted by Crippen LogP contribution is -1.96. The third-order valence-electron chi connectivity index (χ3n) is 3.28. The largest absolute Gasteiger partial charge is 0.381 e. The summed E-state index contributed by atoms with van der Waals surface area (Å²) < 4.78 is 5.55. The van der Waals surface area contributed by atoms with Crippen LogP contribution >= 0.6 is 0 Å². The summed E-state index contributed by atoms with van der Waals surface area (Å²) in [7, 11) is 0. The molecule has 0 aromatic rings. The molecule has 0 bridgehead atoms. The molecule has 0 heterocycles. The maximum absolute atomic E-state index is 5.55. The van der Waals surface area contributed by atoms with Gasteiger partial charge < -0.3 is 4.74 Å². The van der Waals surface area contributed by atoms with Crippen molar-refractivity contribution < 1.29 is 4.74 Å². The Morgan fingerprint density at radius 3 is 1.41 bits per heavy atom. The molecule has 0 radical (unpaired) electrons. The molecule has 17 heavy (non-hydrogen) atoms. The standard InChI is InChI=1S/C16H34O/c1-3-5-7-8-9-10-11-12-13-14-16-17-15-6-4-2/h3-16H2,1-2H3. The van der Waals surface area contributed by atoms with E-state index >= 15 is 0 Å². The average molecular weight is 242 g/mol. The van der Waals surface area contributed by atoms with Crippen molar-refractivity contribution in [3.8, 4) is 0 Å². The minimum Gasteiger partial charge on any atom is -0.381 e. The molecule has 104 valence electrons. The maximum atomic E-state index is 5.55.